The van der Waals surface area contributed by atoms with Gasteiger partial charge < -0.3 is 5.32 Å². The van der Waals surface area contributed by atoms with Crippen molar-refractivity contribution < 1.29 is 4.79 Å². The molecule has 118 valence electrons. The van der Waals surface area contributed by atoms with Crippen molar-refractivity contribution in [2.45, 2.75) is 6.54 Å². The average Bonchev–Trinajstić information content (AvgIpc) is 2.67. The monoisotopic (exact) mass is 313 g/mol. The number of ketones is 1. The van der Waals surface area contributed by atoms with E-state index in [1.54, 1.807) is 6.08 Å². The van der Waals surface area contributed by atoms with Crippen LogP contribution in [-0.2, 0) is 6.54 Å². The second-order valence-electron chi connectivity index (χ2n) is 5.49. The molecule has 0 spiro atoms. The van der Waals surface area contributed by atoms with Crippen LogP contribution in [0.25, 0.3) is 5.70 Å². The zero-order valence-electron chi connectivity index (χ0n) is 13.4. The molecule has 0 saturated heterocycles. The van der Waals surface area contributed by atoms with Crippen molar-refractivity contribution in [1.82, 2.24) is 5.32 Å². The second kappa shape index (κ2) is 7.93. The fourth-order valence-corrected chi connectivity index (χ4v) is 2.46. The largest absolute Gasteiger partial charge is 0.380 e. The Morgan fingerprint density at radius 2 is 1.21 bits per heavy atom. The van der Waals surface area contributed by atoms with Gasteiger partial charge in [-0.1, -0.05) is 91.0 Å². The molecule has 0 heterocycles. The van der Waals surface area contributed by atoms with Crippen LogP contribution in [0.4, 0.5) is 0 Å². The van der Waals surface area contributed by atoms with Crippen LogP contribution in [0.2, 0.25) is 0 Å². The molecule has 0 saturated carbocycles. The topological polar surface area (TPSA) is 29.1 Å². The Morgan fingerprint density at radius 3 is 1.79 bits per heavy atom. The standard InChI is InChI=1S/C22H19NO/c24-22(20-14-8-3-9-15-20)16-21(19-12-6-2-7-13-19)23-17-18-10-4-1-5-11-18/h1-16,23H,17H2. The van der Waals surface area contributed by atoms with Crippen molar-refractivity contribution in [1.29, 1.82) is 0 Å². The summed E-state index contributed by atoms with van der Waals surface area (Å²) in [7, 11) is 0. The van der Waals surface area contributed by atoms with Crippen molar-refractivity contribution in [3.8, 4) is 0 Å². The van der Waals surface area contributed by atoms with Gasteiger partial charge in [0.15, 0.2) is 5.78 Å². The molecule has 3 rings (SSSR count). The molecular weight excluding hydrogens is 294 g/mol. The maximum atomic E-state index is 12.5. The quantitative estimate of drug-likeness (QED) is 0.528. The molecule has 2 nitrogen and oxygen atoms in total. The van der Waals surface area contributed by atoms with Crippen molar-refractivity contribution in [2.24, 2.45) is 0 Å². The Balaban J connectivity index is 1.85. The Kier molecular flexibility index (Phi) is 5.21. The van der Waals surface area contributed by atoms with Gasteiger partial charge in [-0.05, 0) is 11.1 Å². The summed E-state index contributed by atoms with van der Waals surface area (Å²) in [4.78, 5) is 12.5. The maximum Gasteiger partial charge on any atom is 0.187 e. The van der Waals surface area contributed by atoms with E-state index in [0.29, 0.717) is 12.1 Å². The summed E-state index contributed by atoms with van der Waals surface area (Å²) in [5.74, 6) is -0.00462. The molecule has 0 atom stereocenters. The van der Waals surface area contributed by atoms with Crippen LogP contribution in [-0.4, -0.2) is 5.78 Å². The van der Waals surface area contributed by atoms with E-state index in [1.807, 2.05) is 78.9 Å². The minimum Gasteiger partial charge on any atom is -0.380 e. The summed E-state index contributed by atoms with van der Waals surface area (Å²) in [6.07, 6.45) is 1.67. The molecule has 0 fully saturated rings. The lowest BCUT2D eigenvalue weighted by Crippen LogP contribution is -2.13. The van der Waals surface area contributed by atoms with Gasteiger partial charge in [0, 0.05) is 23.9 Å². The summed E-state index contributed by atoms with van der Waals surface area (Å²) in [5.41, 5.74) is 3.69. The van der Waals surface area contributed by atoms with Crippen molar-refractivity contribution in [3.05, 3.63) is 114 Å². The van der Waals surface area contributed by atoms with Crippen molar-refractivity contribution in [2.75, 3.05) is 0 Å². The molecule has 0 aliphatic heterocycles. The van der Waals surface area contributed by atoms with Crippen LogP contribution in [0, 0.1) is 0 Å². The molecule has 2 heteroatoms. The Hall–Kier alpha value is -3.13. The van der Waals surface area contributed by atoms with Gasteiger partial charge in [0.25, 0.3) is 0 Å². The summed E-state index contributed by atoms with van der Waals surface area (Å²) in [6.45, 7) is 0.670. The summed E-state index contributed by atoms with van der Waals surface area (Å²) >= 11 is 0. The zero-order valence-corrected chi connectivity index (χ0v) is 13.4. The van der Waals surface area contributed by atoms with Crippen LogP contribution in [0.1, 0.15) is 21.5 Å². The van der Waals surface area contributed by atoms with E-state index in [0.717, 1.165) is 11.3 Å². The number of benzene rings is 3. The first-order valence-corrected chi connectivity index (χ1v) is 7.97. The highest BCUT2D eigenvalue weighted by atomic mass is 16.1. The van der Waals surface area contributed by atoms with Crippen molar-refractivity contribution >= 4 is 11.5 Å². The number of carbonyl (C=O) groups is 1. The Labute approximate surface area is 142 Å². The first-order valence-electron chi connectivity index (χ1n) is 7.97. The van der Waals surface area contributed by atoms with E-state index in [9.17, 15) is 4.79 Å². The fraction of sp³-hybridized carbons (Fsp3) is 0.0455. The number of hydrogen-bond donors (Lipinski definition) is 1. The second-order valence-corrected chi connectivity index (χ2v) is 5.49. The molecular formula is C22H19NO. The van der Waals surface area contributed by atoms with Gasteiger partial charge in [-0.25, -0.2) is 0 Å². The minimum atomic E-state index is -0.00462. The summed E-state index contributed by atoms with van der Waals surface area (Å²) in [5, 5.41) is 3.39. The van der Waals surface area contributed by atoms with Gasteiger partial charge in [-0.15, -0.1) is 0 Å². The molecule has 0 bridgehead atoms. The SMILES string of the molecule is O=C(C=C(NCc1ccccc1)c1ccccc1)c1ccccc1. The molecule has 0 aliphatic carbocycles. The highest BCUT2D eigenvalue weighted by Crippen LogP contribution is 2.14. The average molecular weight is 313 g/mol. The van der Waals surface area contributed by atoms with Gasteiger partial charge in [0.05, 0.1) is 0 Å². The van der Waals surface area contributed by atoms with E-state index in [1.165, 1.54) is 5.56 Å². The third-order valence-corrected chi connectivity index (χ3v) is 3.74. The maximum absolute atomic E-state index is 12.5. The van der Waals surface area contributed by atoms with E-state index < -0.39 is 0 Å². The lowest BCUT2D eigenvalue weighted by atomic mass is 10.1. The Morgan fingerprint density at radius 1 is 0.708 bits per heavy atom. The number of hydrogen-bond acceptors (Lipinski definition) is 2. The zero-order chi connectivity index (χ0) is 16.6. The van der Waals surface area contributed by atoms with Crippen molar-refractivity contribution in [3.63, 3.8) is 0 Å². The molecule has 24 heavy (non-hydrogen) atoms. The van der Waals surface area contributed by atoms with Gasteiger partial charge in [-0.3, -0.25) is 4.79 Å². The van der Waals surface area contributed by atoms with E-state index in [-0.39, 0.29) is 5.78 Å². The normalized spacial score (nSPS) is 11.1. The van der Waals surface area contributed by atoms with Crippen LogP contribution >= 0.6 is 0 Å². The predicted molar refractivity (Wildman–Crippen MR) is 98.5 cm³/mol. The predicted octanol–water partition coefficient (Wildman–Crippen LogP) is 4.70. The van der Waals surface area contributed by atoms with Crippen LogP contribution in [0.5, 0.6) is 0 Å². The van der Waals surface area contributed by atoms with Crippen LogP contribution in [0.15, 0.2) is 97.1 Å². The van der Waals surface area contributed by atoms with Gasteiger partial charge in [-0.2, -0.15) is 0 Å². The molecule has 0 amide bonds. The molecule has 1 N–H and O–H groups in total. The number of carbonyl (C=O) groups excluding carboxylic acids is 1. The molecule has 0 aromatic heterocycles. The molecule has 3 aromatic rings. The summed E-state index contributed by atoms with van der Waals surface area (Å²) in [6, 6.07) is 29.4. The number of nitrogens with one attached hydrogen (secondary N) is 1. The molecule has 3 aromatic carbocycles. The highest BCUT2D eigenvalue weighted by molar-refractivity contribution is 6.08. The van der Waals surface area contributed by atoms with Crippen LogP contribution in [0.3, 0.4) is 0 Å². The Bertz CT molecular complexity index is 808. The highest BCUT2D eigenvalue weighted by Gasteiger charge is 2.07. The van der Waals surface area contributed by atoms with E-state index >= 15 is 0 Å². The fourth-order valence-electron chi connectivity index (χ4n) is 2.46. The molecule has 0 aliphatic rings. The van der Waals surface area contributed by atoms with E-state index in [2.05, 4.69) is 17.4 Å². The third kappa shape index (κ3) is 4.20. The first kappa shape index (κ1) is 15.8. The first-order chi connectivity index (χ1) is 11.8. The third-order valence-electron chi connectivity index (χ3n) is 3.74. The smallest absolute Gasteiger partial charge is 0.187 e. The summed E-state index contributed by atoms with van der Waals surface area (Å²) < 4.78 is 0. The number of allylic oxidation sites excluding steroid dienone is 1. The molecule has 0 radical (unpaired) electrons. The molecule has 0 unspecified atom stereocenters. The van der Waals surface area contributed by atoms with Gasteiger partial charge in [0.2, 0.25) is 0 Å². The lowest BCUT2D eigenvalue weighted by Gasteiger charge is -2.12. The van der Waals surface area contributed by atoms with E-state index in [4.69, 9.17) is 0 Å². The number of rotatable bonds is 6. The lowest BCUT2D eigenvalue weighted by molar-refractivity contribution is 0.104. The van der Waals surface area contributed by atoms with Gasteiger partial charge >= 0.3 is 0 Å². The minimum absolute atomic E-state index is 0.00462. The van der Waals surface area contributed by atoms with Gasteiger partial charge in [0.1, 0.15) is 0 Å². The van der Waals surface area contributed by atoms with Crippen LogP contribution < -0.4 is 5.32 Å².